The van der Waals surface area contributed by atoms with Crippen molar-refractivity contribution in [2.45, 2.75) is 0 Å². The summed E-state index contributed by atoms with van der Waals surface area (Å²) >= 11 is 0. The van der Waals surface area contributed by atoms with Crippen molar-refractivity contribution < 1.29 is 14.6 Å². The Labute approximate surface area is 88.0 Å². The molecule has 0 bridgehead atoms. The summed E-state index contributed by atoms with van der Waals surface area (Å²) in [6.07, 6.45) is 3.26. The molecule has 4 heteroatoms. The van der Waals surface area contributed by atoms with E-state index < -0.39 is 5.97 Å². The highest BCUT2D eigenvalue weighted by Crippen LogP contribution is 2.16. The summed E-state index contributed by atoms with van der Waals surface area (Å²) in [5.74, 6) is -0.417. The first-order valence-corrected chi connectivity index (χ1v) is 4.44. The number of aliphatic hydroxyl groups is 1. The van der Waals surface area contributed by atoms with Gasteiger partial charge in [-0.25, -0.2) is 4.79 Å². The highest BCUT2D eigenvalue weighted by atomic mass is 16.5. The monoisotopic (exact) mass is 207 g/mol. The van der Waals surface area contributed by atoms with E-state index in [1.54, 1.807) is 30.4 Å². The van der Waals surface area contributed by atoms with Crippen LogP contribution in [0.5, 0.6) is 0 Å². The summed E-state index contributed by atoms with van der Waals surface area (Å²) in [5, 5.41) is 8.60. The first-order valence-electron chi connectivity index (χ1n) is 4.44. The van der Waals surface area contributed by atoms with Crippen molar-refractivity contribution in [3.05, 3.63) is 35.4 Å². The molecule has 4 nitrogen and oxygen atoms in total. The van der Waals surface area contributed by atoms with Gasteiger partial charge >= 0.3 is 5.97 Å². The summed E-state index contributed by atoms with van der Waals surface area (Å²) in [7, 11) is 1.32. The molecule has 0 unspecified atom stereocenters. The standard InChI is InChI=1S/C11H13NO3/c1-15-11(14)9-5-4-8(3-2-6-13)10(12)7-9/h2-5,7,13H,6,12H2,1H3. The normalized spacial score (nSPS) is 10.5. The third-order valence-electron chi connectivity index (χ3n) is 1.91. The molecular formula is C11H13NO3. The Kier molecular flexibility index (Phi) is 3.88. The number of esters is 1. The fourth-order valence-electron chi connectivity index (χ4n) is 1.15. The van der Waals surface area contributed by atoms with Crippen LogP contribution in [0.1, 0.15) is 15.9 Å². The maximum absolute atomic E-state index is 11.2. The number of aliphatic hydroxyl groups excluding tert-OH is 1. The van der Waals surface area contributed by atoms with Crippen LogP contribution in [0, 0.1) is 0 Å². The van der Waals surface area contributed by atoms with Crippen LogP contribution in [-0.2, 0) is 4.74 Å². The van der Waals surface area contributed by atoms with Gasteiger partial charge in [0.1, 0.15) is 0 Å². The molecule has 0 aromatic heterocycles. The third-order valence-corrected chi connectivity index (χ3v) is 1.91. The number of benzene rings is 1. The number of nitrogens with two attached hydrogens (primary N) is 1. The molecule has 1 aromatic carbocycles. The summed E-state index contributed by atoms with van der Waals surface area (Å²) in [4.78, 5) is 11.2. The van der Waals surface area contributed by atoms with Crippen LogP contribution in [0.2, 0.25) is 0 Å². The molecule has 1 rings (SSSR count). The molecule has 0 aliphatic rings. The molecule has 0 aliphatic carbocycles. The lowest BCUT2D eigenvalue weighted by molar-refractivity contribution is 0.0601. The van der Waals surface area contributed by atoms with E-state index in [4.69, 9.17) is 10.8 Å². The van der Waals surface area contributed by atoms with Crippen molar-refractivity contribution in [1.82, 2.24) is 0 Å². The van der Waals surface area contributed by atoms with Gasteiger partial charge in [-0.1, -0.05) is 18.2 Å². The van der Waals surface area contributed by atoms with Gasteiger partial charge in [-0.05, 0) is 17.7 Å². The van der Waals surface area contributed by atoms with Gasteiger partial charge in [-0.2, -0.15) is 0 Å². The van der Waals surface area contributed by atoms with Gasteiger partial charge in [0.25, 0.3) is 0 Å². The third kappa shape index (κ3) is 2.82. The lowest BCUT2D eigenvalue weighted by atomic mass is 10.1. The van der Waals surface area contributed by atoms with Crippen molar-refractivity contribution in [1.29, 1.82) is 0 Å². The van der Waals surface area contributed by atoms with Crippen molar-refractivity contribution in [3.8, 4) is 0 Å². The Balaban J connectivity index is 2.98. The van der Waals surface area contributed by atoms with Crippen molar-refractivity contribution in [2.75, 3.05) is 19.5 Å². The number of nitrogen functional groups attached to an aromatic ring is 1. The first kappa shape index (κ1) is 11.3. The maximum Gasteiger partial charge on any atom is 0.337 e. The number of rotatable bonds is 3. The fourth-order valence-corrected chi connectivity index (χ4v) is 1.15. The lowest BCUT2D eigenvalue weighted by Gasteiger charge is -2.03. The van der Waals surface area contributed by atoms with Crippen LogP contribution in [0.15, 0.2) is 24.3 Å². The Morgan fingerprint density at radius 1 is 1.60 bits per heavy atom. The second-order valence-electron chi connectivity index (χ2n) is 2.92. The predicted octanol–water partition coefficient (Wildman–Crippen LogP) is 1.06. The topological polar surface area (TPSA) is 72.5 Å². The molecule has 0 spiro atoms. The Hall–Kier alpha value is -1.81. The molecule has 3 N–H and O–H groups in total. The minimum atomic E-state index is -0.417. The highest BCUT2D eigenvalue weighted by Gasteiger charge is 2.06. The minimum absolute atomic E-state index is 0.0435. The van der Waals surface area contributed by atoms with E-state index in [0.29, 0.717) is 11.3 Å². The SMILES string of the molecule is COC(=O)c1ccc(C=CCO)c(N)c1. The van der Waals surface area contributed by atoms with Crippen LogP contribution >= 0.6 is 0 Å². The molecule has 1 aromatic rings. The Morgan fingerprint density at radius 3 is 2.87 bits per heavy atom. The highest BCUT2D eigenvalue weighted by molar-refractivity contribution is 5.91. The zero-order chi connectivity index (χ0) is 11.3. The molecule has 80 valence electrons. The lowest BCUT2D eigenvalue weighted by Crippen LogP contribution is -2.02. The van der Waals surface area contributed by atoms with Gasteiger partial charge in [0.15, 0.2) is 0 Å². The molecule has 0 radical (unpaired) electrons. The Bertz CT molecular complexity index is 385. The number of anilines is 1. The van der Waals surface area contributed by atoms with Crippen LogP contribution < -0.4 is 5.73 Å². The minimum Gasteiger partial charge on any atom is -0.465 e. The van der Waals surface area contributed by atoms with E-state index in [9.17, 15) is 4.79 Å². The summed E-state index contributed by atoms with van der Waals surface area (Å²) in [6, 6.07) is 4.87. The first-order chi connectivity index (χ1) is 7.19. The van der Waals surface area contributed by atoms with E-state index in [1.165, 1.54) is 7.11 Å². The largest absolute Gasteiger partial charge is 0.465 e. The van der Waals surface area contributed by atoms with E-state index in [1.807, 2.05) is 0 Å². The van der Waals surface area contributed by atoms with E-state index >= 15 is 0 Å². The average Bonchev–Trinajstić information content (AvgIpc) is 2.26. The quantitative estimate of drug-likeness (QED) is 0.574. The van der Waals surface area contributed by atoms with E-state index in [2.05, 4.69) is 4.74 Å². The van der Waals surface area contributed by atoms with Crippen LogP contribution in [0.3, 0.4) is 0 Å². The molecular weight excluding hydrogens is 194 g/mol. The molecule has 0 aliphatic heterocycles. The number of carbonyl (C=O) groups is 1. The van der Waals surface area contributed by atoms with Crippen molar-refractivity contribution in [3.63, 3.8) is 0 Å². The molecule has 0 saturated heterocycles. The second-order valence-corrected chi connectivity index (χ2v) is 2.92. The second kappa shape index (κ2) is 5.17. The zero-order valence-corrected chi connectivity index (χ0v) is 8.43. The Morgan fingerprint density at radius 2 is 2.33 bits per heavy atom. The maximum atomic E-state index is 11.2. The number of carbonyl (C=O) groups excluding carboxylic acids is 1. The van der Waals surface area contributed by atoms with E-state index in [0.717, 1.165) is 5.56 Å². The smallest absolute Gasteiger partial charge is 0.337 e. The number of methoxy groups -OCH3 is 1. The summed E-state index contributed by atoms with van der Waals surface area (Å²) in [5.41, 5.74) is 7.36. The number of hydrogen-bond acceptors (Lipinski definition) is 4. The van der Waals surface area contributed by atoms with Crippen LogP contribution in [0.25, 0.3) is 6.08 Å². The molecule has 15 heavy (non-hydrogen) atoms. The van der Waals surface area contributed by atoms with Crippen LogP contribution in [0.4, 0.5) is 5.69 Å². The number of ether oxygens (including phenoxy) is 1. The summed E-state index contributed by atoms with van der Waals surface area (Å²) < 4.78 is 4.56. The van der Waals surface area contributed by atoms with Crippen molar-refractivity contribution >= 4 is 17.7 Å². The van der Waals surface area contributed by atoms with Crippen molar-refractivity contribution in [2.24, 2.45) is 0 Å². The molecule has 0 atom stereocenters. The van der Waals surface area contributed by atoms with Gasteiger partial charge in [0, 0.05) is 5.69 Å². The molecule has 0 saturated carbocycles. The molecule has 0 fully saturated rings. The summed E-state index contributed by atoms with van der Waals surface area (Å²) in [6.45, 7) is -0.0435. The average molecular weight is 207 g/mol. The fraction of sp³-hybridized carbons (Fsp3) is 0.182. The van der Waals surface area contributed by atoms with E-state index in [-0.39, 0.29) is 6.61 Å². The molecule has 0 heterocycles. The van der Waals surface area contributed by atoms with Gasteiger partial charge in [-0.3, -0.25) is 0 Å². The van der Waals surface area contributed by atoms with Gasteiger partial charge in [0.05, 0.1) is 19.3 Å². The predicted molar refractivity (Wildman–Crippen MR) is 58.3 cm³/mol. The number of hydrogen-bond donors (Lipinski definition) is 2. The van der Waals surface area contributed by atoms with Gasteiger partial charge < -0.3 is 15.6 Å². The van der Waals surface area contributed by atoms with Gasteiger partial charge in [0.2, 0.25) is 0 Å². The zero-order valence-electron chi connectivity index (χ0n) is 8.43. The van der Waals surface area contributed by atoms with Crippen LogP contribution in [-0.4, -0.2) is 24.8 Å². The van der Waals surface area contributed by atoms with Gasteiger partial charge in [-0.15, -0.1) is 0 Å². The molecule has 0 amide bonds.